The molecular formula is C19H15Cl2IrOP. The zero-order chi connectivity index (χ0) is 16.5. The monoisotopic (exact) mass is 553 g/mol. The number of rotatable bonds is 3. The van der Waals surface area contributed by atoms with Gasteiger partial charge in [0.2, 0.25) is 0 Å². The van der Waals surface area contributed by atoms with Gasteiger partial charge in [0.15, 0.2) is 0 Å². The summed E-state index contributed by atoms with van der Waals surface area (Å²) in [5, 5.41) is 4.19. The third-order valence-electron chi connectivity index (χ3n) is 3.04. The minimum Gasteiger partial charge on any atom is -0.262 e. The summed E-state index contributed by atoms with van der Waals surface area (Å²) in [6, 6.07) is 32.3. The molecule has 0 heterocycles. The van der Waals surface area contributed by atoms with Crippen molar-refractivity contribution in [3.8, 4) is 0 Å². The Balaban J connectivity index is 0.000000522. The number of benzene rings is 3. The van der Waals surface area contributed by atoms with Gasteiger partial charge in [0, 0.05) is 20.1 Å². The van der Waals surface area contributed by atoms with E-state index in [2.05, 4.69) is 114 Å². The molecule has 0 aliphatic heterocycles. The molecule has 0 saturated heterocycles. The average molecular weight is 553 g/mol. The summed E-state index contributed by atoms with van der Waals surface area (Å²) in [5.41, 5.74) is 0. The van der Waals surface area contributed by atoms with E-state index in [1.165, 1.54) is 15.9 Å². The number of halogens is 2. The molecule has 0 bridgehead atoms. The van der Waals surface area contributed by atoms with Crippen LogP contribution in [0.15, 0.2) is 91.0 Å². The first-order valence-corrected chi connectivity index (χ1v) is 9.08. The van der Waals surface area contributed by atoms with Crippen LogP contribution in [0.3, 0.4) is 0 Å². The first-order chi connectivity index (χ1) is 11.2. The van der Waals surface area contributed by atoms with E-state index in [1.807, 2.05) is 0 Å². The van der Waals surface area contributed by atoms with E-state index in [4.69, 9.17) is 4.79 Å². The van der Waals surface area contributed by atoms with Crippen LogP contribution in [-0.4, -0.2) is 4.70 Å². The van der Waals surface area contributed by atoms with Crippen LogP contribution in [0.25, 0.3) is 0 Å². The Bertz CT molecular complexity index is 626. The topological polar surface area (TPSA) is 17.1 Å². The van der Waals surface area contributed by atoms with Gasteiger partial charge in [-0.3, -0.25) is 4.79 Å². The molecule has 125 valence electrons. The Labute approximate surface area is 167 Å². The van der Waals surface area contributed by atoms with Gasteiger partial charge in [-0.2, -0.15) is 0 Å². The number of hydrogen-bond acceptors (Lipinski definition) is 1. The second kappa shape index (κ2) is 11.5. The van der Waals surface area contributed by atoms with Crippen molar-refractivity contribution in [1.29, 1.82) is 0 Å². The van der Waals surface area contributed by atoms with Gasteiger partial charge in [-0.05, 0) is 47.0 Å². The van der Waals surface area contributed by atoms with E-state index in [-0.39, 0.29) is 20.1 Å². The summed E-state index contributed by atoms with van der Waals surface area (Å²) in [6.45, 7) is 0. The van der Waals surface area contributed by atoms with Crippen molar-refractivity contribution < 1.29 is 24.9 Å². The number of hydrogen-bond donors (Lipinski definition) is 0. The summed E-state index contributed by atoms with van der Waals surface area (Å²) < 4.78 is -0.889. The van der Waals surface area contributed by atoms with Crippen LogP contribution in [0, 0.1) is 0 Å². The molecule has 0 spiro atoms. The predicted octanol–water partition coefficient (Wildman–Crippen LogP) is 5.03. The maximum Gasteiger partial charge on any atom is 0.313 e. The minimum atomic E-state index is -0.889. The Morgan fingerprint density at radius 2 is 0.792 bits per heavy atom. The molecule has 1 nitrogen and oxygen atoms in total. The second-order valence-corrected chi connectivity index (χ2v) is 7.67. The molecule has 0 N–H and O–H groups in total. The van der Waals surface area contributed by atoms with E-state index in [9.17, 15) is 0 Å². The van der Waals surface area contributed by atoms with Crippen LogP contribution in [-0.2, 0) is 20.1 Å². The van der Waals surface area contributed by atoms with Gasteiger partial charge in [-0.15, -0.1) is 0 Å². The molecular weight excluding hydrogens is 538 g/mol. The Hall–Kier alpha value is -1.01. The summed E-state index contributed by atoms with van der Waals surface area (Å²) >= 11 is 8.80. The van der Waals surface area contributed by atoms with Crippen LogP contribution in [0.2, 0.25) is 0 Å². The summed E-state index contributed by atoms with van der Waals surface area (Å²) in [5.74, 6) is 0. The fraction of sp³-hybridized carbons (Fsp3) is 0. The molecule has 0 fully saturated rings. The normalized spacial score (nSPS) is 9.46. The van der Waals surface area contributed by atoms with Gasteiger partial charge in [0.1, 0.15) is 0 Å². The SMILES string of the molecule is O=C(Cl)Cl.[Ir].c1ccc(P(c2ccccc2)c2ccccc2)cc1. The van der Waals surface area contributed by atoms with E-state index in [0.29, 0.717) is 0 Å². The molecule has 3 aromatic rings. The molecule has 0 aliphatic rings. The van der Waals surface area contributed by atoms with E-state index in [0.717, 1.165) is 0 Å². The maximum atomic E-state index is 8.98. The molecule has 0 saturated carbocycles. The Morgan fingerprint density at radius 1 is 0.583 bits per heavy atom. The molecule has 3 rings (SSSR count). The second-order valence-electron chi connectivity index (χ2n) is 4.57. The zero-order valence-electron chi connectivity index (χ0n) is 12.6. The van der Waals surface area contributed by atoms with Crippen molar-refractivity contribution in [2.75, 3.05) is 0 Å². The summed E-state index contributed by atoms with van der Waals surface area (Å²) in [7, 11) is -0.446. The number of carbonyl (C=O) groups is 1. The van der Waals surface area contributed by atoms with Crippen molar-refractivity contribution >= 4 is 51.7 Å². The predicted molar refractivity (Wildman–Crippen MR) is 102 cm³/mol. The maximum absolute atomic E-state index is 8.98. The van der Waals surface area contributed by atoms with E-state index in [1.54, 1.807) is 0 Å². The fourth-order valence-electron chi connectivity index (χ4n) is 2.18. The molecule has 0 aliphatic carbocycles. The summed E-state index contributed by atoms with van der Waals surface area (Å²) in [4.78, 5) is 8.98. The smallest absolute Gasteiger partial charge is 0.262 e. The van der Waals surface area contributed by atoms with E-state index >= 15 is 0 Å². The Morgan fingerprint density at radius 3 is 1.00 bits per heavy atom. The quantitative estimate of drug-likeness (QED) is 0.329. The largest absolute Gasteiger partial charge is 0.313 e. The first-order valence-electron chi connectivity index (χ1n) is 6.98. The van der Waals surface area contributed by atoms with Crippen LogP contribution in [0.4, 0.5) is 4.79 Å². The molecule has 3 aromatic carbocycles. The molecule has 0 aromatic heterocycles. The molecule has 0 unspecified atom stereocenters. The summed E-state index contributed by atoms with van der Waals surface area (Å²) in [6.07, 6.45) is 0. The van der Waals surface area contributed by atoms with Crippen molar-refractivity contribution in [1.82, 2.24) is 0 Å². The first kappa shape index (κ1) is 21.0. The van der Waals surface area contributed by atoms with Crippen molar-refractivity contribution in [3.63, 3.8) is 0 Å². The van der Waals surface area contributed by atoms with Gasteiger partial charge in [0.05, 0.1) is 0 Å². The van der Waals surface area contributed by atoms with Gasteiger partial charge in [0.25, 0.3) is 0 Å². The molecule has 0 atom stereocenters. The Kier molecular flexibility index (Phi) is 10.1. The third kappa shape index (κ3) is 6.85. The molecule has 5 heteroatoms. The van der Waals surface area contributed by atoms with Crippen LogP contribution < -0.4 is 15.9 Å². The van der Waals surface area contributed by atoms with Crippen molar-refractivity contribution in [2.45, 2.75) is 0 Å². The van der Waals surface area contributed by atoms with Gasteiger partial charge >= 0.3 is 4.70 Å². The molecule has 0 amide bonds. The van der Waals surface area contributed by atoms with Gasteiger partial charge in [-0.25, -0.2) is 0 Å². The van der Waals surface area contributed by atoms with Crippen molar-refractivity contribution in [2.24, 2.45) is 0 Å². The minimum absolute atomic E-state index is 0. The van der Waals surface area contributed by atoms with Gasteiger partial charge in [-0.1, -0.05) is 91.0 Å². The third-order valence-corrected chi connectivity index (χ3v) is 5.49. The number of carbonyl (C=O) groups excluding carboxylic acids is 1. The molecule has 24 heavy (non-hydrogen) atoms. The zero-order valence-corrected chi connectivity index (χ0v) is 17.4. The van der Waals surface area contributed by atoms with Crippen LogP contribution in [0.1, 0.15) is 0 Å². The molecule has 1 radical (unpaired) electrons. The van der Waals surface area contributed by atoms with Crippen molar-refractivity contribution in [3.05, 3.63) is 91.0 Å². The fourth-order valence-corrected chi connectivity index (χ4v) is 4.48. The standard InChI is InChI=1S/C18H15P.CCl2O.Ir/c1-4-10-16(11-5-1)19(17-12-6-2-7-13-17)18-14-8-3-9-15-18;2-1(3)4;/h1-15H;;. The van der Waals surface area contributed by atoms with Crippen LogP contribution in [0.5, 0.6) is 0 Å². The average Bonchev–Trinajstić information content (AvgIpc) is 2.58. The van der Waals surface area contributed by atoms with E-state index < -0.39 is 12.6 Å². The van der Waals surface area contributed by atoms with Crippen LogP contribution >= 0.6 is 31.1 Å². The van der Waals surface area contributed by atoms with Gasteiger partial charge < -0.3 is 0 Å².